The zero-order valence-corrected chi connectivity index (χ0v) is 16.2. The second-order valence-electron chi connectivity index (χ2n) is 6.87. The summed E-state index contributed by atoms with van der Waals surface area (Å²) < 4.78 is 27.4. The lowest BCUT2D eigenvalue weighted by Gasteiger charge is -2.19. The fraction of sp³-hybridized carbons (Fsp3) is 0.400. The molecular weight excluding hydrogens is 370 g/mol. The van der Waals surface area contributed by atoms with Crippen molar-refractivity contribution in [3.8, 4) is 0 Å². The van der Waals surface area contributed by atoms with Crippen LogP contribution < -0.4 is 5.32 Å². The Kier molecular flexibility index (Phi) is 5.89. The predicted molar refractivity (Wildman–Crippen MR) is 102 cm³/mol. The number of carbonyl (C=O) groups excluding carboxylic acids is 2. The molecule has 1 aliphatic carbocycles. The number of anilines is 1. The Morgan fingerprint density at radius 3 is 2.67 bits per heavy atom. The van der Waals surface area contributed by atoms with Crippen molar-refractivity contribution in [3.63, 3.8) is 0 Å². The van der Waals surface area contributed by atoms with E-state index in [0.29, 0.717) is 17.3 Å². The molecule has 1 atom stereocenters. The molecule has 1 unspecified atom stereocenters. The highest BCUT2D eigenvalue weighted by Gasteiger charge is 2.24. The first kappa shape index (κ1) is 19.5. The number of rotatable bonds is 5. The van der Waals surface area contributed by atoms with Crippen LogP contribution in [0.2, 0.25) is 0 Å². The highest BCUT2D eigenvalue weighted by molar-refractivity contribution is 7.14. The van der Waals surface area contributed by atoms with Crippen molar-refractivity contribution < 1.29 is 18.4 Å². The summed E-state index contributed by atoms with van der Waals surface area (Å²) in [7, 11) is 0. The minimum Gasteiger partial charge on any atom is -0.329 e. The summed E-state index contributed by atoms with van der Waals surface area (Å²) in [6.45, 7) is 4.03. The Labute approximate surface area is 161 Å². The SMILES string of the molecule is CCN(CC(=O)Nc1c(F)cccc1F)C(=O)c1cc2c(s1)CCC(C)C2. The molecule has 27 heavy (non-hydrogen) atoms. The number of hydrogen-bond donors (Lipinski definition) is 1. The van der Waals surface area contributed by atoms with E-state index in [0.717, 1.165) is 31.4 Å². The Balaban J connectivity index is 1.69. The molecule has 4 nitrogen and oxygen atoms in total. The number of amides is 2. The van der Waals surface area contributed by atoms with Crippen LogP contribution in [0.5, 0.6) is 0 Å². The summed E-state index contributed by atoms with van der Waals surface area (Å²) in [6, 6.07) is 5.29. The second kappa shape index (κ2) is 8.17. The summed E-state index contributed by atoms with van der Waals surface area (Å²) in [5.74, 6) is -1.95. The van der Waals surface area contributed by atoms with Crippen LogP contribution in [0.3, 0.4) is 0 Å². The number of thiophene rings is 1. The molecule has 0 saturated heterocycles. The minimum absolute atomic E-state index is 0.228. The molecule has 0 aliphatic heterocycles. The molecule has 1 aromatic heterocycles. The highest BCUT2D eigenvalue weighted by atomic mass is 32.1. The van der Waals surface area contributed by atoms with Crippen molar-refractivity contribution >= 4 is 28.8 Å². The molecule has 1 aromatic carbocycles. The fourth-order valence-corrected chi connectivity index (χ4v) is 4.44. The summed E-state index contributed by atoms with van der Waals surface area (Å²) in [5, 5.41) is 2.22. The van der Waals surface area contributed by atoms with Gasteiger partial charge in [0.2, 0.25) is 5.91 Å². The molecule has 2 aromatic rings. The summed E-state index contributed by atoms with van der Waals surface area (Å²) in [4.78, 5) is 28.3. The minimum atomic E-state index is -0.849. The van der Waals surface area contributed by atoms with Gasteiger partial charge in [-0.3, -0.25) is 9.59 Å². The zero-order chi connectivity index (χ0) is 19.6. The number of nitrogens with zero attached hydrogens (tertiary/aromatic N) is 1. The van der Waals surface area contributed by atoms with Gasteiger partial charge in [0.1, 0.15) is 23.9 Å². The van der Waals surface area contributed by atoms with Gasteiger partial charge in [-0.05, 0) is 55.9 Å². The average molecular weight is 392 g/mol. The molecule has 144 valence electrons. The van der Waals surface area contributed by atoms with Crippen molar-refractivity contribution in [1.82, 2.24) is 4.90 Å². The van der Waals surface area contributed by atoms with E-state index in [1.165, 1.54) is 32.7 Å². The predicted octanol–water partition coefficient (Wildman–Crippen LogP) is 4.25. The van der Waals surface area contributed by atoms with Gasteiger partial charge in [0.15, 0.2) is 0 Å². The summed E-state index contributed by atoms with van der Waals surface area (Å²) in [6.07, 6.45) is 3.07. The number of carbonyl (C=O) groups is 2. The molecular formula is C20H22F2N2O2S. The first-order chi connectivity index (χ1) is 12.9. The second-order valence-corrected chi connectivity index (χ2v) is 8.01. The van der Waals surface area contributed by atoms with Gasteiger partial charge in [-0.1, -0.05) is 13.0 Å². The van der Waals surface area contributed by atoms with E-state index in [-0.39, 0.29) is 12.5 Å². The lowest BCUT2D eigenvalue weighted by molar-refractivity contribution is -0.116. The third-order valence-corrected chi connectivity index (χ3v) is 6.00. The van der Waals surface area contributed by atoms with Crippen LogP contribution in [0.25, 0.3) is 0 Å². The molecule has 0 spiro atoms. The maximum absolute atomic E-state index is 13.7. The van der Waals surface area contributed by atoms with Crippen LogP contribution in [0, 0.1) is 17.6 Å². The lowest BCUT2D eigenvalue weighted by atomic mass is 9.90. The lowest BCUT2D eigenvalue weighted by Crippen LogP contribution is -2.37. The Hall–Kier alpha value is -2.28. The van der Waals surface area contributed by atoms with Gasteiger partial charge in [-0.15, -0.1) is 11.3 Å². The Bertz CT molecular complexity index is 845. The van der Waals surface area contributed by atoms with Gasteiger partial charge in [0.25, 0.3) is 5.91 Å². The maximum Gasteiger partial charge on any atom is 0.264 e. The Morgan fingerprint density at radius 2 is 2.00 bits per heavy atom. The van der Waals surface area contributed by atoms with Crippen molar-refractivity contribution in [2.75, 3.05) is 18.4 Å². The van der Waals surface area contributed by atoms with Crippen LogP contribution in [0.4, 0.5) is 14.5 Å². The Morgan fingerprint density at radius 1 is 1.30 bits per heavy atom. The molecule has 1 aliphatic rings. The van der Waals surface area contributed by atoms with E-state index < -0.39 is 23.2 Å². The third-order valence-electron chi connectivity index (χ3n) is 4.77. The van der Waals surface area contributed by atoms with E-state index in [1.807, 2.05) is 6.07 Å². The average Bonchev–Trinajstić information content (AvgIpc) is 3.05. The number of hydrogen-bond acceptors (Lipinski definition) is 3. The summed E-state index contributed by atoms with van der Waals surface area (Å²) in [5.41, 5.74) is 0.725. The largest absolute Gasteiger partial charge is 0.329 e. The van der Waals surface area contributed by atoms with Crippen molar-refractivity contribution in [3.05, 3.63) is 51.2 Å². The topological polar surface area (TPSA) is 49.4 Å². The van der Waals surface area contributed by atoms with Gasteiger partial charge < -0.3 is 10.2 Å². The number of nitrogens with one attached hydrogen (secondary N) is 1. The fourth-order valence-electron chi connectivity index (χ4n) is 3.26. The molecule has 0 bridgehead atoms. The summed E-state index contributed by atoms with van der Waals surface area (Å²) >= 11 is 1.48. The molecule has 1 N–H and O–H groups in total. The van der Waals surface area contributed by atoms with E-state index in [4.69, 9.17) is 0 Å². The smallest absolute Gasteiger partial charge is 0.264 e. The van der Waals surface area contributed by atoms with Crippen molar-refractivity contribution in [2.24, 2.45) is 5.92 Å². The number of halogens is 2. The van der Waals surface area contributed by atoms with Gasteiger partial charge in [0.05, 0.1) is 4.88 Å². The number of fused-ring (bicyclic) bond motifs is 1. The maximum atomic E-state index is 13.7. The highest BCUT2D eigenvalue weighted by Crippen LogP contribution is 2.32. The van der Waals surface area contributed by atoms with E-state index in [2.05, 4.69) is 12.2 Å². The number of para-hydroxylation sites is 1. The van der Waals surface area contributed by atoms with Gasteiger partial charge in [0, 0.05) is 11.4 Å². The molecule has 2 amide bonds. The normalized spacial score (nSPS) is 15.9. The number of benzene rings is 1. The molecule has 0 fully saturated rings. The van der Waals surface area contributed by atoms with Gasteiger partial charge in [-0.25, -0.2) is 8.78 Å². The van der Waals surface area contributed by atoms with Crippen molar-refractivity contribution in [1.29, 1.82) is 0 Å². The molecule has 0 saturated carbocycles. The third kappa shape index (κ3) is 4.35. The number of aryl methyl sites for hydroxylation is 1. The van der Waals surface area contributed by atoms with Crippen molar-refractivity contribution in [2.45, 2.75) is 33.1 Å². The monoisotopic (exact) mass is 392 g/mol. The van der Waals surface area contributed by atoms with Crippen LogP contribution in [0.1, 0.15) is 40.4 Å². The molecule has 7 heteroatoms. The van der Waals surface area contributed by atoms with Gasteiger partial charge in [-0.2, -0.15) is 0 Å². The number of likely N-dealkylation sites (N-methyl/N-ethyl adjacent to an activating group) is 1. The molecule has 0 radical (unpaired) electrons. The van der Waals surface area contributed by atoms with Crippen LogP contribution in [-0.2, 0) is 17.6 Å². The van der Waals surface area contributed by atoms with Crippen LogP contribution in [-0.4, -0.2) is 29.8 Å². The quantitative estimate of drug-likeness (QED) is 0.827. The first-order valence-electron chi connectivity index (χ1n) is 9.03. The van der Waals surface area contributed by atoms with Gasteiger partial charge >= 0.3 is 0 Å². The van der Waals surface area contributed by atoms with E-state index >= 15 is 0 Å². The van der Waals surface area contributed by atoms with Crippen LogP contribution in [0.15, 0.2) is 24.3 Å². The molecule has 3 rings (SSSR count). The van der Waals surface area contributed by atoms with E-state index in [1.54, 1.807) is 6.92 Å². The zero-order valence-electron chi connectivity index (χ0n) is 15.4. The molecule has 1 heterocycles. The first-order valence-corrected chi connectivity index (χ1v) is 9.85. The van der Waals surface area contributed by atoms with Crippen LogP contribution >= 0.6 is 11.3 Å². The van der Waals surface area contributed by atoms with E-state index in [9.17, 15) is 18.4 Å². The standard InChI is InChI=1S/C20H22F2N2O2S/c1-3-24(11-18(25)23-19-14(21)5-4-6-15(19)22)20(26)17-10-13-9-12(2)7-8-16(13)27-17/h4-6,10,12H,3,7-9,11H2,1-2H3,(H,23,25).